The van der Waals surface area contributed by atoms with E-state index in [1.165, 1.54) is 11.1 Å². The molecule has 1 heterocycles. The maximum Gasteiger partial charge on any atom is 0.307 e. The maximum absolute atomic E-state index is 13.7. The van der Waals surface area contributed by atoms with Crippen molar-refractivity contribution in [1.82, 2.24) is 4.31 Å². The molecule has 3 unspecified atom stereocenters. The van der Waals surface area contributed by atoms with Gasteiger partial charge in [-0.1, -0.05) is 18.2 Å². The van der Waals surface area contributed by atoms with Crippen LogP contribution in [0.1, 0.15) is 36.1 Å². The Hall–Kier alpha value is -2.38. The predicted octanol–water partition coefficient (Wildman–Crippen LogP) is 3.39. The van der Waals surface area contributed by atoms with Crippen LogP contribution in [-0.4, -0.2) is 49.0 Å². The smallest absolute Gasteiger partial charge is 0.307 e. The van der Waals surface area contributed by atoms with Gasteiger partial charge in [-0.25, -0.2) is 8.42 Å². The van der Waals surface area contributed by atoms with Crippen molar-refractivity contribution < 1.29 is 18.3 Å². The number of sulfonamides is 1. The van der Waals surface area contributed by atoms with Crippen molar-refractivity contribution in [2.24, 2.45) is 5.92 Å². The van der Waals surface area contributed by atoms with Gasteiger partial charge in [-0.3, -0.25) is 4.79 Å². The van der Waals surface area contributed by atoms with Crippen molar-refractivity contribution in [3.05, 3.63) is 58.7 Å². The lowest BCUT2D eigenvalue weighted by atomic mass is 10.1. The molecule has 1 aliphatic carbocycles. The summed E-state index contributed by atoms with van der Waals surface area (Å²) in [5.74, 6) is -1.42. The minimum Gasteiger partial charge on any atom is -0.481 e. The van der Waals surface area contributed by atoms with Crippen molar-refractivity contribution in [3.8, 4) is 0 Å². The zero-order valence-corrected chi connectivity index (χ0v) is 19.3. The van der Waals surface area contributed by atoms with E-state index >= 15 is 0 Å². The summed E-state index contributed by atoms with van der Waals surface area (Å²) in [4.78, 5) is 14.0. The fourth-order valence-corrected chi connectivity index (χ4v) is 7.15. The highest BCUT2D eigenvalue weighted by molar-refractivity contribution is 7.89. The van der Waals surface area contributed by atoms with E-state index in [1.807, 2.05) is 19.9 Å². The number of nitrogens with zero attached hydrogens (tertiary/aromatic N) is 2. The fraction of sp³-hybridized carbons (Fsp3) is 0.458. The van der Waals surface area contributed by atoms with Gasteiger partial charge in [0.15, 0.2) is 0 Å². The SMILES string of the molecule is Cc1ccc(N2CC(C)N(S(=O)(=O)c3cccc4c3CC(C(=O)O)C4)C(C)C2)cc1C. The number of aliphatic carboxylic acids is 1. The van der Waals surface area contributed by atoms with Gasteiger partial charge in [0.25, 0.3) is 0 Å². The molecule has 2 aromatic rings. The third-order valence-electron chi connectivity index (χ3n) is 6.75. The van der Waals surface area contributed by atoms with E-state index in [9.17, 15) is 18.3 Å². The fourth-order valence-electron chi connectivity index (χ4n) is 5.06. The molecule has 0 aromatic heterocycles. The van der Waals surface area contributed by atoms with Gasteiger partial charge in [0.05, 0.1) is 10.8 Å². The largest absolute Gasteiger partial charge is 0.481 e. The molecule has 2 aromatic carbocycles. The van der Waals surface area contributed by atoms with Crippen LogP contribution in [0.25, 0.3) is 0 Å². The standard InChI is InChI=1S/C24H30N2O4S/c1-15-8-9-21(10-16(15)2)25-13-17(3)26(18(4)14-25)31(29,30)23-7-5-6-19-11-20(24(27)28)12-22(19)23/h5-10,17-18,20H,11-14H2,1-4H3,(H,27,28). The Labute approximate surface area is 184 Å². The normalized spacial score (nSPS) is 24.3. The first-order chi connectivity index (χ1) is 14.6. The van der Waals surface area contributed by atoms with Gasteiger partial charge in [0, 0.05) is 30.9 Å². The van der Waals surface area contributed by atoms with Crippen LogP contribution in [0.3, 0.4) is 0 Å². The summed E-state index contributed by atoms with van der Waals surface area (Å²) in [6, 6.07) is 11.2. The number of anilines is 1. The molecule has 1 aliphatic heterocycles. The Kier molecular flexibility index (Phi) is 5.60. The number of benzene rings is 2. The second-order valence-electron chi connectivity index (χ2n) is 9.04. The zero-order valence-electron chi connectivity index (χ0n) is 18.5. The molecule has 4 rings (SSSR count). The number of fused-ring (bicyclic) bond motifs is 1. The number of hydrogen-bond acceptors (Lipinski definition) is 4. The van der Waals surface area contributed by atoms with E-state index in [0.29, 0.717) is 25.1 Å². The lowest BCUT2D eigenvalue weighted by molar-refractivity contribution is -0.141. The summed E-state index contributed by atoms with van der Waals surface area (Å²) in [7, 11) is -3.74. The van der Waals surface area contributed by atoms with Gasteiger partial charge in [-0.2, -0.15) is 4.31 Å². The molecule has 7 heteroatoms. The average Bonchev–Trinajstić information content (AvgIpc) is 3.14. The molecule has 6 nitrogen and oxygen atoms in total. The van der Waals surface area contributed by atoms with Gasteiger partial charge >= 0.3 is 5.97 Å². The topological polar surface area (TPSA) is 77.9 Å². The molecule has 1 saturated heterocycles. The summed E-state index contributed by atoms with van der Waals surface area (Å²) in [6.45, 7) is 9.29. The summed E-state index contributed by atoms with van der Waals surface area (Å²) in [6.07, 6.45) is 0.658. The van der Waals surface area contributed by atoms with Gasteiger partial charge < -0.3 is 10.0 Å². The van der Waals surface area contributed by atoms with Crippen LogP contribution >= 0.6 is 0 Å². The third kappa shape index (κ3) is 3.85. The summed E-state index contributed by atoms with van der Waals surface area (Å²) >= 11 is 0. The maximum atomic E-state index is 13.7. The lowest BCUT2D eigenvalue weighted by Crippen LogP contribution is -2.58. The van der Waals surface area contributed by atoms with Crippen LogP contribution in [-0.2, 0) is 27.7 Å². The van der Waals surface area contributed by atoms with Gasteiger partial charge in [-0.15, -0.1) is 0 Å². The first-order valence-corrected chi connectivity index (χ1v) is 12.2. The van der Waals surface area contributed by atoms with Crippen molar-refractivity contribution in [1.29, 1.82) is 0 Å². The molecule has 0 radical (unpaired) electrons. The van der Waals surface area contributed by atoms with E-state index in [-0.39, 0.29) is 23.4 Å². The third-order valence-corrected chi connectivity index (χ3v) is 8.96. The number of rotatable bonds is 4. The van der Waals surface area contributed by atoms with Gasteiger partial charge in [0.2, 0.25) is 10.0 Å². The Balaban J connectivity index is 1.63. The van der Waals surface area contributed by atoms with Crippen molar-refractivity contribution in [2.75, 3.05) is 18.0 Å². The highest BCUT2D eigenvalue weighted by Crippen LogP contribution is 2.36. The molecular weight excluding hydrogens is 412 g/mol. The molecule has 0 spiro atoms. The Bertz CT molecular complexity index is 1120. The summed E-state index contributed by atoms with van der Waals surface area (Å²) in [5, 5.41) is 9.42. The summed E-state index contributed by atoms with van der Waals surface area (Å²) in [5.41, 5.74) is 5.08. The van der Waals surface area contributed by atoms with Crippen LogP contribution < -0.4 is 4.90 Å². The van der Waals surface area contributed by atoms with Crippen LogP contribution in [0.4, 0.5) is 5.69 Å². The molecule has 166 valence electrons. The first kappa shape index (κ1) is 21.8. The number of piperazine rings is 1. The molecule has 0 bridgehead atoms. The minimum atomic E-state index is -3.74. The van der Waals surface area contributed by atoms with Crippen LogP contribution in [0.2, 0.25) is 0 Å². The van der Waals surface area contributed by atoms with Crippen LogP contribution in [0.5, 0.6) is 0 Å². The number of carbonyl (C=O) groups is 1. The molecule has 1 fully saturated rings. The van der Waals surface area contributed by atoms with Crippen molar-refractivity contribution >= 4 is 21.7 Å². The van der Waals surface area contributed by atoms with Crippen molar-refractivity contribution in [2.45, 2.75) is 57.5 Å². The Morgan fingerprint density at radius 1 is 1.00 bits per heavy atom. The molecule has 2 aliphatic rings. The van der Waals surface area contributed by atoms with E-state index in [1.54, 1.807) is 16.4 Å². The molecular formula is C24H30N2O4S. The number of aryl methyl sites for hydroxylation is 2. The molecule has 1 N–H and O–H groups in total. The highest BCUT2D eigenvalue weighted by Gasteiger charge is 2.41. The lowest BCUT2D eigenvalue weighted by Gasteiger charge is -2.44. The zero-order chi connectivity index (χ0) is 22.5. The number of carboxylic acids is 1. The summed E-state index contributed by atoms with van der Waals surface area (Å²) < 4.78 is 29.1. The molecule has 0 saturated carbocycles. The second kappa shape index (κ2) is 7.95. The van der Waals surface area contributed by atoms with Crippen LogP contribution in [0.15, 0.2) is 41.3 Å². The highest BCUT2D eigenvalue weighted by atomic mass is 32.2. The van der Waals surface area contributed by atoms with E-state index in [2.05, 4.69) is 36.9 Å². The monoisotopic (exact) mass is 442 g/mol. The first-order valence-electron chi connectivity index (χ1n) is 10.8. The Morgan fingerprint density at radius 2 is 1.68 bits per heavy atom. The average molecular weight is 443 g/mol. The van der Waals surface area contributed by atoms with Gasteiger partial charge in [0.1, 0.15) is 0 Å². The minimum absolute atomic E-state index is 0.206. The Morgan fingerprint density at radius 3 is 2.29 bits per heavy atom. The quantitative estimate of drug-likeness (QED) is 0.785. The van der Waals surface area contributed by atoms with Gasteiger partial charge in [-0.05, 0) is 81.0 Å². The van der Waals surface area contributed by atoms with E-state index in [4.69, 9.17) is 0 Å². The van der Waals surface area contributed by atoms with E-state index < -0.39 is 21.9 Å². The molecule has 3 atom stereocenters. The molecule has 0 amide bonds. The van der Waals surface area contributed by atoms with Crippen molar-refractivity contribution in [3.63, 3.8) is 0 Å². The second-order valence-corrected chi connectivity index (χ2v) is 10.9. The predicted molar refractivity (Wildman–Crippen MR) is 121 cm³/mol. The van der Waals surface area contributed by atoms with Crippen LogP contribution in [0, 0.1) is 19.8 Å². The number of hydrogen-bond donors (Lipinski definition) is 1. The molecule has 31 heavy (non-hydrogen) atoms. The van der Waals surface area contributed by atoms with E-state index in [0.717, 1.165) is 11.3 Å². The number of carboxylic acid groups (broad SMARTS) is 1.